The fourth-order valence-corrected chi connectivity index (χ4v) is 2.23. The van der Waals surface area contributed by atoms with Crippen molar-refractivity contribution in [1.29, 1.82) is 0 Å². The Morgan fingerprint density at radius 3 is 2.88 bits per heavy atom. The molecular weight excluding hydrogens is 200 g/mol. The van der Waals surface area contributed by atoms with E-state index in [1.807, 2.05) is 11.8 Å². The summed E-state index contributed by atoms with van der Waals surface area (Å²) in [5.74, 6) is 0.188. The maximum atomic E-state index is 11.6. The number of carbonyl (C=O) groups is 1. The molecule has 1 amide bonds. The molecule has 1 unspecified atom stereocenters. The van der Waals surface area contributed by atoms with E-state index < -0.39 is 0 Å². The largest absolute Gasteiger partial charge is 0.322 e. The van der Waals surface area contributed by atoms with Gasteiger partial charge in [-0.3, -0.25) is 10.1 Å². The summed E-state index contributed by atoms with van der Waals surface area (Å²) in [7, 11) is 0. The first kappa shape index (κ1) is 11.1. The minimum atomic E-state index is 0.0531. The average Bonchev–Trinajstić information content (AvgIpc) is 2.63. The number of benzene rings is 1. The summed E-state index contributed by atoms with van der Waals surface area (Å²) in [6, 6.07) is 6.38. The Kier molecular flexibility index (Phi) is 2.97. The Morgan fingerprint density at radius 2 is 2.19 bits per heavy atom. The Hall–Kier alpha value is -1.35. The van der Waals surface area contributed by atoms with Gasteiger partial charge in [0.25, 0.3) is 0 Å². The minimum Gasteiger partial charge on any atom is -0.322 e. The van der Waals surface area contributed by atoms with Gasteiger partial charge in [-0.05, 0) is 31.9 Å². The van der Waals surface area contributed by atoms with Gasteiger partial charge >= 0.3 is 0 Å². The van der Waals surface area contributed by atoms with E-state index in [-0.39, 0.29) is 12.1 Å². The van der Waals surface area contributed by atoms with E-state index in [1.54, 1.807) is 0 Å². The predicted octanol–water partition coefficient (Wildman–Crippen LogP) is 1.75. The average molecular weight is 218 g/mol. The van der Waals surface area contributed by atoms with Crippen molar-refractivity contribution in [1.82, 2.24) is 10.2 Å². The van der Waals surface area contributed by atoms with Crippen molar-refractivity contribution in [2.75, 3.05) is 13.1 Å². The molecular formula is C13H18N2O. The van der Waals surface area contributed by atoms with E-state index in [0.29, 0.717) is 6.54 Å². The second kappa shape index (κ2) is 4.26. The number of likely N-dealkylation sites (N-methyl/N-ethyl adjacent to an activating group) is 1. The zero-order chi connectivity index (χ0) is 11.7. The molecule has 86 valence electrons. The van der Waals surface area contributed by atoms with Crippen LogP contribution in [0.3, 0.4) is 0 Å². The van der Waals surface area contributed by atoms with Crippen LogP contribution in [0, 0.1) is 13.8 Å². The van der Waals surface area contributed by atoms with E-state index in [9.17, 15) is 4.79 Å². The first-order valence-corrected chi connectivity index (χ1v) is 5.73. The third kappa shape index (κ3) is 1.83. The van der Waals surface area contributed by atoms with Gasteiger partial charge in [-0.25, -0.2) is 0 Å². The highest BCUT2D eigenvalue weighted by molar-refractivity contribution is 5.81. The molecule has 0 saturated carbocycles. The quantitative estimate of drug-likeness (QED) is 0.820. The first-order chi connectivity index (χ1) is 7.63. The number of carbonyl (C=O) groups excluding carboxylic acids is 1. The number of nitrogens with one attached hydrogen (secondary N) is 1. The lowest BCUT2D eigenvalue weighted by Gasteiger charge is -2.24. The molecule has 3 heteroatoms. The van der Waals surface area contributed by atoms with Gasteiger partial charge in [0.2, 0.25) is 5.91 Å². The van der Waals surface area contributed by atoms with Gasteiger partial charge < -0.3 is 4.90 Å². The van der Waals surface area contributed by atoms with Crippen LogP contribution in [0.2, 0.25) is 0 Å². The van der Waals surface area contributed by atoms with Crippen molar-refractivity contribution in [3.8, 4) is 0 Å². The molecule has 1 aliphatic rings. The Labute approximate surface area is 96.5 Å². The van der Waals surface area contributed by atoms with Gasteiger partial charge in [0.15, 0.2) is 0 Å². The van der Waals surface area contributed by atoms with Gasteiger partial charge in [0, 0.05) is 6.54 Å². The van der Waals surface area contributed by atoms with E-state index in [4.69, 9.17) is 0 Å². The van der Waals surface area contributed by atoms with Crippen LogP contribution in [0.25, 0.3) is 0 Å². The van der Waals surface area contributed by atoms with Gasteiger partial charge in [0.1, 0.15) is 6.17 Å². The number of nitrogens with zero attached hydrogens (tertiary/aromatic N) is 1. The van der Waals surface area contributed by atoms with Crippen molar-refractivity contribution < 1.29 is 4.79 Å². The summed E-state index contributed by atoms with van der Waals surface area (Å²) in [4.78, 5) is 13.5. The predicted molar refractivity (Wildman–Crippen MR) is 64.0 cm³/mol. The molecule has 1 atom stereocenters. The number of aryl methyl sites for hydroxylation is 2. The number of rotatable bonds is 2. The first-order valence-electron chi connectivity index (χ1n) is 5.73. The second-order valence-electron chi connectivity index (χ2n) is 4.32. The van der Waals surface area contributed by atoms with Gasteiger partial charge in [-0.15, -0.1) is 0 Å². The van der Waals surface area contributed by atoms with Crippen LogP contribution in [-0.4, -0.2) is 23.9 Å². The second-order valence-corrected chi connectivity index (χ2v) is 4.32. The van der Waals surface area contributed by atoms with Crippen molar-refractivity contribution in [2.24, 2.45) is 0 Å². The summed E-state index contributed by atoms with van der Waals surface area (Å²) in [6.07, 6.45) is 0.0531. The third-order valence-corrected chi connectivity index (χ3v) is 3.15. The summed E-state index contributed by atoms with van der Waals surface area (Å²) >= 11 is 0. The van der Waals surface area contributed by atoms with E-state index in [2.05, 4.69) is 37.4 Å². The highest BCUT2D eigenvalue weighted by Gasteiger charge is 2.30. The summed E-state index contributed by atoms with van der Waals surface area (Å²) in [5.41, 5.74) is 3.68. The number of amides is 1. The molecule has 0 radical (unpaired) electrons. The van der Waals surface area contributed by atoms with Crippen LogP contribution in [0.15, 0.2) is 18.2 Å². The van der Waals surface area contributed by atoms with Crippen molar-refractivity contribution in [3.63, 3.8) is 0 Å². The lowest BCUT2D eigenvalue weighted by atomic mass is 10.0. The molecule has 0 bridgehead atoms. The highest BCUT2D eigenvalue weighted by atomic mass is 16.2. The van der Waals surface area contributed by atoms with Crippen molar-refractivity contribution in [3.05, 3.63) is 34.9 Å². The number of hydrogen-bond donors (Lipinski definition) is 1. The zero-order valence-corrected chi connectivity index (χ0v) is 10.1. The highest BCUT2D eigenvalue weighted by Crippen LogP contribution is 2.25. The normalized spacial score (nSPS) is 20.6. The fourth-order valence-electron chi connectivity index (χ4n) is 2.23. The molecule has 0 aliphatic carbocycles. The smallest absolute Gasteiger partial charge is 0.238 e. The standard InChI is InChI=1S/C13H18N2O/c1-4-15-12(16)8-14-13(15)11-7-9(2)5-6-10(11)3/h5-7,13-14H,4,8H2,1-3H3. The third-order valence-electron chi connectivity index (χ3n) is 3.15. The Bertz CT molecular complexity index is 414. The lowest BCUT2D eigenvalue weighted by Crippen LogP contribution is -2.30. The van der Waals surface area contributed by atoms with Gasteiger partial charge in [0.05, 0.1) is 6.54 Å². The molecule has 16 heavy (non-hydrogen) atoms. The van der Waals surface area contributed by atoms with E-state index in [0.717, 1.165) is 6.54 Å². The minimum absolute atomic E-state index is 0.0531. The topological polar surface area (TPSA) is 32.3 Å². The summed E-state index contributed by atoms with van der Waals surface area (Å²) in [5, 5.41) is 3.27. The molecule has 3 nitrogen and oxygen atoms in total. The zero-order valence-electron chi connectivity index (χ0n) is 10.1. The molecule has 1 fully saturated rings. The van der Waals surface area contributed by atoms with E-state index in [1.165, 1.54) is 16.7 Å². The van der Waals surface area contributed by atoms with Gasteiger partial charge in [-0.2, -0.15) is 0 Å². The molecule has 1 N–H and O–H groups in total. The number of hydrogen-bond acceptors (Lipinski definition) is 2. The molecule has 2 rings (SSSR count). The molecule has 0 aromatic heterocycles. The molecule has 0 spiro atoms. The molecule has 1 aromatic carbocycles. The van der Waals surface area contributed by atoms with Crippen LogP contribution in [0.5, 0.6) is 0 Å². The van der Waals surface area contributed by atoms with Crippen molar-refractivity contribution in [2.45, 2.75) is 26.9 Å². The molecule has 1 aromatic rings. The molecule has 1 heterocycles. The fraction of sp³-hybridized carbons (Fsp3) is 0.462. The van der Waals surface area contributed by atoms with E-state index >= 15 is 0 Å². The van der Waals surface area contributed by atoms with Gasteiger partial charge in [-0.1, -0.05) is 23.8 Å². The van der Waals surface area contributed by atoms with Crippen LogP contribution >= 0.6 is 0 Å². The maximum absolute atomic E-state index is 11.6. The maximum Gasteiger partial charge on any atom is 0.238 e. The SMILES string of the molecule is CCN1C(=O)CNC1c1cc(C)ccc1C. The van der Waals surface area contributed by atoms with Crippen molar-refractivity contribution >= 4 is 5.91 Å². The van der Waals surface area contributed by atoms with Crippen LogP contribution in [-0.2, 0) is 4.79 Å². The molecule has 1 aliphatic heterocycles. The summed E-state index contributed by atoms with van der Waals surface area (Å²) < 4.78 is 0. The lowest BCUT2D eigenvalue weighted by molar-refractivity contribution is -0.127. The van der Waals surface area contributed by atoms with Crippen LogP contribution < -0.4 is 5.32 Å². The Morgan fingerprint density at radius 1 is 1.44 bits per heavy atom. The monoisotopic (exact) mass is 218 g/mol. The Balaban J connectivity index is 2.36. The van der Waals surface area contributed by atoms with Crippen LogP contribution in [0.4, 0.5) is 0 Å². The molecule has 1 saturated heterocycles. The summed E-state index contributed by atoms with van der Waals surface area (Å²) in [6.45, 7) is 7.39. The van der Waals surface area contributed by atoms with Crippen LogP contribution in [0.1, 0.15) is 29.8 Å².